The fourth-order valence-corrected chi connectivity index (χ4v) is 2.04. The molecule has 1 aromatic carbocycles. The van der Waals surface area contributed by atoms with E-state index in [0.29, 0.717) is 6.61 Å². The average molecular weight is 266 g/mol. The largest absolute Gasteiger partial charge is 0.465 e. The highest BCUT2D eigenvalue weighted by Gasteiger charge is 2.19. The summed E-state index contributed by atoms with van der Waals surface area (Å²) in [6, 6.07) is 3.91. The summed E-state index contributed by atoms with van der Waals surface area (Å²) in [7, 11) is 0. The van der Waals surface area contributed by atoms with Crippen molar-refractivity contribution in [3.63, 3.8) is 0 Å². The Morgan fingerprint density at radius 2 is 1.89 bits per heavy atom. The zero-order valence-corrected chi connectivity index (χ0v) is 11.9. The van der Waals surface area contributed by atoms with Crippen LogP contribution in [0.3, 0.4) is 0 Å². The number of hydrogen-bond acceptors (Lipinski definition) is 4. The van der Waals surface area contributed by atoms with Crippen molar-refractivity contribution in [2.75, 3.05) is 13.4 Å². The minimum Gasteiger partial charge on any atom is -0.465 e. The second-order valence-corrected chi connectivity index (χ2v) is 4.62. The summed E-state index contributed by atoms with van der Waals surface area (Å²) in [5.41, 5.74) is 1.14. The van der Waals surface area contributed by atoms with Gasteiger partial charge in [0.05, 0.1) is 6.61 Å². The molecule has 1 atom stereocenters. The van der Waals surface area contributed by atoms with Gasteiger partial charge in [-0.2, -0.15) is 0 Å². The third kappa shape index (κ3) is 3.53. The molecule has 106 valence electrons. The van der Waals surface area contributed by atoms with Crippen LogP contribution in [0.2, 0.25) is 0 Å². The van der Waals surface area contributed by atoms with Crippen molar-refractivity contribution >= 4 is 0 Å². The van der Waals surface area contributed by atoms with Crippen molar-refractivity contribution in [3.05, 3.63) is 17.7 Å². The zero-order valence-electron chi connectivity index (χ0n) is 11.9. The molecule has 0 bridgehead atoms. The van der Waals surface area contributed by atoms with E-state index in [-0.39, 0.29) is 13.1 Å². The third-order valence-corrected chi connectivity index (χ3v) is 2.92. The third-order valence-electron chi connectivity index (χ3n) is 2.92. The van der Waals surface area contributed by atoms with Crippen molar-refractivity contribution in [1.29, 1.82) is 0 Å². The number of benzene rings is 1. The monoisotopic (exact) mass is 266 g/mol. The Balaban J connectivity index is 2.13. The molecule has 1 heterocycles. The first-order valence-electron chi connectivity index (χ1n) is 6.95. The number of aryl methyl sites for hydroxylation is 1. The highest BCUT2D eigenvalue weighted by Crippen LogP contribution is 2.39. The van der Waals surface area contributed by atoms with Gasteiger partial charge < -0.3 is 18.9 Å². The topological polar surface area (TPSA) is 36.9 Å². The van der Waals surface area contributed by atoms with Gasteiger partial charge in [-0.15, -0.1) is 0 Å². The molecule has 4 nitrogen and oxygen atoms in total. The van der Waals surface area contributed by atoms with Crippen LogP contribution < -0.4 is 14.2 Å². The molecule has 0 aliphatic carbocycles. The molecule has 1 aliphatic rings. The van der Waals surface area contributed by atoms with E-state index in [4.69, 9.17) is 18.9 Å². The van der Waals surface area contributed by atoms with Gasteiger partial charge in [0.1, 0.15) is 5.75 Å². The molecule has 0 fully saturated rings. The van der Waals surface area contributed by atoms with E-state index in [2.05, 4.69) is 13.8 Å². The normalized spacial score (nSPS) is 14.5. The van der Waals surface area contributed by atoms with Crippen molar-refractivity contribution in [2.45, 2.75) is 46.3 Å². The van der Waals surface area contributed by atoms with E-state index in [1.807, 2.05) is 19.1 Å². The van der Waals surface area contributed by atoms with Crippen LogP contribution in [0.1, 0.15) is 39.2 Å². The van der Waals surface area contributed by atoms with Gasteiger partial charge in [0.15, 0.2) is 17.8 Å². The summed E-state index contributed by atoms with van der Waals surface area (Å²) in [5.74, 6) is 2.38. The molecule has 1 aliphatic heterocycles. The minimum absolute atomic E-state index is 0.254. The van der Waals surface area contributed by atoms with Gasteiger partial charge in [0.25, 0.3) is 0 Å². The zero-order chi connectivity index (χ0) is 13.7. The molecule has 19 heavy (non-hydrogen) atoms. The van der Waals surface area contributed by atoms with Crippen molar-refractivity contribution in [1.82, 2.24) is 0 Å². The first-order valence-corrected chi connectivity index (χ1v) is 6.95. The molecule has 1 aromatic rings. The SMILES string of the molecule is CCCOC(C)Oc1cc2c(cc1CCC)OCO2. The quantitative estimate of drug-likeness (QED) is 0.708. The van der Waals surface area contributed by atoms with Crippen LogP contribution in [0.25, 0.3) is 0 Å². The molecule has 0 spiro atoms. The van der Waals surface area contributed by atoms with E-state index in [1.165, 1.54) is 0 Å². The van der Waals surface area contributed by atoms with Crippen LogP contribution in [0, 0.1) is 0 Å². The van der Waals surface area contributed by atoms with Gasteiger partial charge in [-0.05, 0) is 31.4 Å². The molecule has 0 aromatic heterocycles. The summed E-state index contributed by atoms with van der Waals surface area (Å²) < 4.78 is 22.2. The Morgan fingerprint density at radius 3 is 2.58 bits per heavy atom. The Morgan fingerprint density at radius 1 is 1.16 bits per heavy atom. The summed E-state index contributed by atoms with van der Waals surface area (Å²) >= 11 is 0. The summed E-state index contributed by atoms with van der Waals surface area (Å²) in [5, 5.41) is 0. The number of ether oxygens (including phenoxy) is 4. The van der Waals surface area contributed by atoms with Crippen LogP contribution in [0.4, 0.5) is 0 Å². The van der Waals surface area contributed by atoms with Crippen LogP contribution in [-0.4, -0.2) is 19.7 Å². The molecular formula is C15H22O4. The Hall–Kier alpha value is -1.42. The number of fused-ring (bicyclic) bond motifs is 1. The molecule has 0 amide bonds. The van der Waals surface area contributed by atoms with Crippen LogP contribution >= 0.6 is 0 Å². The first kappa shape index (κ1) is 14.0. The molecule has 0 saturated carbocycles. The molecule has 2 rings (SSSR count). The van der Waals surface area contributed by atoms with E-state index < -0.39 is 0 Å². The lowest BCUT2D eigenvalue weighted by atomic mass is 10.1. The molecule has 1 unspecified atom stereocenters. The van der Waals surface area contributed by atoms with Crippen molar-refractivity contribution in [3.8, 4) is 17.2 Å². The predicted octanol–water partition coefficient (Wildman–Crippen LogP) is 3.52. The van der Waals surface area contributed by atoms with Gasteiger partial charge in [0.2, 0.25) is 6.79 Å². The minimum atomic E-state index is -0.254. The maximum atomic E-state index is 5.87. The molecular weight excluding hydrogens is 244 g/mol. The fourth-order valence-electron chi connectivity index (χ4n) is 2.04. The number of hydrogen-bond donors (Lipinski definition) is 0. The maximum Gasteiger partial charge on any atom is 0.231 e. The summed E-state index contributed by atoms with van der Waals surface area (Å²) in [4.78, 5) is 0. The second kappa shape index (κ2) is 6.66. The summed E-state index contributed by atoms with van der Waals surface area (Å²) in [6.07, 6.45) is 2.74. The fraction of sp³-hybridized carbons (Fsp3) is 0.600. The van der Waals surface area contributed by atoms with Gasteiger partial charge in [-0.1, -0.05) is 20.3 Å². The molecule has 0 saturated heterocycles. The lowest BCUT2D eigenvalue weighted by Crippen LogP contribution is -2.17. The smallest absolute Gasteiger partial charge is 0.231 e. The van der Waals surface area contributed by atoms with Crippen molar-refractivity contribution < 1.29 is 18.9 Å². The lowest BCUT2D eigenvalue weighted by molar-refractivity contribution is -0.0667. The molecule has 0 N–H and O–H groups in total. The van der Waals surface area contributed by atoms with Gasteiger partial charge >= 0.3 is 0 Å². The Bertz CT molecular complexity index is 417. The highest BCUT2D eigenvalue weighted by molar-refractivity contribution is 5.51. The Kier molecular flexibility index (Phi) is 4.91. The Labute approximate surface area is 114 Å². The van der Waals surface area contributed by atoms with E-state index in [9.17, 15) is 0 Å². The predicted molar refractivity (Wildman–Crippen MR) is 72.9 cm³/mol. The second-order valence-electron chi connectivity index (χ2n) is 4.62. The standard InChI is InChI=1S/C15H22O4/c1-4-6-12-8-14-15(18-10-17-14)9-13(12)19-11(3)16-7-5-2/h8-9,11H,4-7,10H2,1-3H3. The first-order chi connectivity index (χ1) is 9.24. The highest BCUT2D eigenvalue weighted by atomic mass is 16.7. The van der Waals surface area contributed by atoms with Gasteiger partial charge in [-0.3, -0.25) is 0 Å². The van der Waals surface area contributed by atoms with Gasteiger partial charge in [-0.25, -0.2) is 0 Å². The van der Waals surface area contributed by atoms with E-state index in [1.54, 1.807) is 0 Å². The number of rotatable bonds is 7. The van der Waals surface area contributed by atoms with E-state index in [0.717, 1.165) is 42.1 Å². The molecule has 0 radical (unpaired) electrons. The summed E-state index contributed by atoms with van der Waals surface area (Å²) in [6.45, 7) is 7.12. The average Bonchev–Trinajstić information content (AvgIpc) is 2.84. The molecule has 4 heteroatoms. The van der Waals surface area contributed by atoms with Crippen LogP contribution in [0.5, 0.6) is 17.2 Å². The van der Waals surface area contributed by atoms with Crippen LogP contribution in [-0.2, 0) is 11.2 Å². The maximum absolute atomic E-state index is 5.87. The van der Waals surface area contributed by atoms with E-state index >= 15 is 0 Å². The van der Waals surface area contributed by atoms with Crippen molar-refractivity contribution in [2.24, 2.45) is 0 Å². The van der Waals surface area contributed by atoms with Crippen LogP contribution in [0.15, 0.2) is 12.1 Å². The lowest BCUT2D eigenvalue weighted by Gasteiger charge is -2.18. The van der Waals surface area contributed by atoms with Gasteiger partial charge in [0, 0.05) is 6.07 Å².